The standard InChI is InChI=1S/C17H28N2O2/c1-17(2)11-19(12-18(17)3)10-15-9-14(16(20)21-15)8-13-6-4-5-7-13/h9,13,15H,4-8,10-12H2,1-3H3. The van der Waals surface area contributed by atoms with Crippen LogP contribution in [0.4, 0.5) is 0 Å². The van der Waals surface area contributed by atoms with Crippen LogP contribution in [0.3, 0.4) is 0 Å². The third kappa shape index (κ3) is 3.32. The Hall–Kier alpha value is -0.870. The number of carbonyl (C=O) groups is 1. The van der Waals surface area contributed by atoms with Crippen molar-refractivity contribution in [2.45, 2.75) is 57.6 Å². The fourth-order valence-electron chi connectivity index (χ4n) is 3.89. The molecule has 1 saturated carbocycles. The van der Waals surface area contributed by atoms with Crippen LogP contribution in [0.5, 0.6) is 0 Å². The van der Waals surface area contributed by atoms with Gasteiger partial charge >= 0.3 is 5.97 Å². The molecule has 3 rings (SSSR count). The Balaban J connectivity index is 1.55. The van der Waals surface area contributed by atoms with E-state index in [0.29, 0.717) is 5.92 Å². The summed E-state index contributed by atoms with van der Waals surface area (Å²) >= 11 is 0. The molecule has 0 N–H and O–H groups in total. The number of hydrogen-bond acceptors (Lipinski definition) is 4. The van der Waals surface area contributed by atoms with Crippen molar-refractivity contribution in [1.82, 2.24) is 9.80 Å². The van der Waals surface area contributed by atoms with E-state index in [1.165, 1.54) is 25.7 Å². The van der Waals surface area contributed by atoms with E-state index in [-0.39, 0.29) is 17.6 Å². The Kier molecular flexibility index (Phi) is 4.10. The number of likely N-dealkylation sites (N-methyl/N-ethyl adjacent to an activating group) is 1. The van der Waals surface area contributed by atoms with Gasteiger partial charge < -0.3 is 4.74 Å². The van der Waals surface area contributed by atoms with Crippen LogP contribution in [-0.2, 0) is 9.53 Å². The maximum absolute atomic E-state index is 12.0. The molecule has 2 heterocycles. The monoisotopic (exact) mass is 292 g/mol. The van der Waals surface area contributed by atoms with Gasteiger partial charge in [-0.1, -0.05) is 25.7 Å². The second-order valence-corrected chi connectivity index (χ2v) is 7.65. The molecule has 1 aliphatic carbocycles. The quantitative estimate of drug-likeness (QED) is 0.745. The van der Waals surface area contributed by atoms with Gasteiger partial charge in [0.05, 0.1) is 6.67 Å². The zero-order valence-corrected chi connectivity index (χ0v) is 13.6. The van der Waals surface area contributed by atoms with E-state index in [9.17, 15) is 4.79 Å². The van der Waals surface area contributed by atoms with Crippen molar-refractivity contribution >= 4 is 5.97 Å². The van der Waals surface area contributed by atoms with Crippen LogP contribution in [0.1, 0.15) is 46.0 Å². The molecule has 118 valence electrons. The van der Waals surface area contributed by atoms with E-state index in [1.807, 2.05) is 0 Å². The minimum atomic E-state index is -0.0706. The first-order valence-electron chi connectivity index (χ1n) is 8.29. The Morgan fingerprint density at radius 2 is 2.05 bits per heavy atom. The summed E-state index contributed by atoms with van der Waals surface area (Å²) in [5, 5.41) is 0. The summed E-state index contributed by atoms with van der Waals surface area (Å²) in [6.07, 6.45) is 8.18. The molecule has 1 saturated heterocycles. The van der Waals surface area contributed by atoms with Crippen molar-refractivity contribution < 1.29 is 9.53 Å². The van der Waals surface area contributed by atoms with E-state index in [4.69, 9.17) is 4.74 Å². The second kappa shape index (κ2) is 5.73. The molecular weight excluding hydrogens is 264 g/mol. The molecule has 21 heavy (non-hydrogen) atoms. The summed E-state index contributed by atoms with van der Waals surface area (Å²) in [5.41, 5.74) is 1.14. The number of esters is 1. The maximum Gasteiger partial charge on any atom is 0.334 e. The summed E-state index contributed by atoms with van der Waals surface area (Å²) in [6, 6.07) is 0. The molecule has 2 aliphatic heterocycles. The van der Waals surface area contributed by atoms with Crippen molar-refractivity contribution in [3.63, 3.8) is 0 Å². The Labute approximate surface area is 128 Å². The molecule has 3 aliphatic rings. The van der Waals surface area contributed by atoms with Gasteiger partial charge in [0, 0.05) is 24.2 Å². The average molecular weight is 292 g/mol. The van der Waals surface area contributed by atoms with Crippen LogP contribution in [0.15, 0.2) is 11.6 Å². The zero-order valence-electron chi connectivity index (χ0n) is 13.6. The summed E-state index contributed by atoms with van der Waals surface area (Å²) in [4.78, 5) is 16.8. The fraction of sp³-hybridized carbons (Fsp3) is 0.824. The van der Waals surface area contributed by atoms with E-state index >= 15 is 0 Å². The molecule has 0 aromatic rings. The average Bonchev–Trinajstić information content (AvgIpc) is 3.05. The molecule has 1 atom stereocenters. The summed E-state index contributed by atoms with van der Waals surface area (Å²) in [7, 11) is 2.15. The number of hydrogen-bond donors (Lipinski definition) is 0. The third-order valence-corrected chi connectivity index (χ3v) is 5.39. The number of carbonyl (C=O) groups excluding carboxylic acids is 1. The lowest BCUT2D eigenvalue weighted by atomic mass is 9.98. The van der Waals surface area contributed by atoms with Crippen LogP contribution in [0.25, 0.3) is 0 Å². The van der Waals surface area contributed by atoms with E-state index in [2.05, 4.69) is 36.8 Å². The smallest absolute Gasteiger partial charge is 0.334 e. The van der Waals surface area contributed by atoms with E-state index in [0.717, 1.165) is 31.8 Å². The third-order valence-electron chi connectivity index (χ3n) is 5.39. The van der Waals surface area contributed by atoms with Gasteiger partial charge in [-0.2, -0.15) is 0 Å². The van der Waals surface area contributed by atoms with Gasteiger partial charge in [0.25, 0.3) is 0 Å². The molecule has 0 aromatic carbocycles. The van der Waals surface area contributed by atoms with Crippen molar-refractivity contribution in [2.24, 2.45) is 5.92 Å². The Morgan fingerprint density at radius 1 is 1.33 bits per heavy atom. The predicted octanol–water partition coefficient (Wildman–Crippen LogP) is 2.40. The molecule has 0 amide bonds. The highest BCUT2D eigenvalue weighted by molar-refractivity contribution is 5.90. The van der Waals surface area contributed by atoms with Crippen molar-refractivity contribution in [3.05, 3.63) is 11.6 Å². The highest BCUT2D eigenvalue weighted by Gasteiger charge is 2.37. The summed E-state index contributed by atoms with van der Waals surface area (Å²) < 4.78 is 5.56. The normalized spacial score (nSPS) is 30.9. The lowest BCUT2D eigenvalue weighted by Crippen LogP contribution is -2.37. The first-order chi connectivity index (χ1) is 9.94. The largest absolute Gasteiger partial charge is 0.453 e. The molecular formula is C17H28N2O2. The van der Waals surface area contributed by atoms with Gasteiger partial charge in [-0.05, 0) is 39.3 Å². The molecule has 4 nitrogen and oxygen atoms in total. The second-order valence-electron chi connectivity index (χ2n) is 7.65. The SMILES string of the molecule is CN1CN(CC2C=C(CC3CCCC3)C(=O)O2)CC1(C)C. The van der Waals surface area contributed by atoms with Crippen LogP contribution < -0.4 is 0 Å². The van der Waals surface area contributed by atoms with Gasteiger partial charge in [0.2, 0.25) is 0 Å². The molecule has 2 fully saturated rings. The highest BCUT2D eigenvalue weighted by atomic mass is 16.5. The van der Waals surface area contributed by atoms with Gasteiger partial charge in [0.1, 0.15) is 6.10 Å². The van der Waals surface area contributed by atoms with Gasteiger partial charge in [0.15, 0.2) is 0 Å². The minimum absolute atomic E-state index is 0.0452. The van der Waals surface area contributed by atoms with Crippen LogP contribution in [0, 0.1) is 5.92 Å². The van der Waals surface area contributed by atoms with Crippen molar-refractivity contribution in [3.8, 4) is 0 Å². The summed E-state index contributed by atoms with van der Waals surface area (Å²) in [5.74, 6) is 0.637. The summed E-state index contributed by atoms with van der Waals surface area (Å²) in [6.45, 7) is 7.33. The number of cyclic esters (lactones) is 1. The fourth-order valence-corrected chi connectivity index (χ4v) is 3.89. The van der Waals surface area contributed by atoms with Gasteiger partial charge in [-0.3, -0.25) is 9.80 Å². The first-order valence-corrected chi connectivity index (χ1v) is 8.29. The minimum Gasteiger partial charge on any atom is -0.453 e. The van der Waals surface area contributed by atoms with Crippen molar-refractivity contribution in [1.29, 1.82) is 0 Å². The van der Waals surface area contributed by atoms with Crippen molar-refractivity contribution in [2.75, 3.05) is 26.8 Å². The molecule has 0 bridgehead atoms. The maximum atomic E-state index is 12.0. The van der Waals surface area contributed by atoms with Crippen LogP contribution in [0.2, 0.25) is 0 Å². The topological polar surface area (TPSA) is 32.8 Å². The van der Waals surface area contributed by atoms with E-state index < -0.39 is 0 Å². The molecule has 0 radical (unpaired) electrons. The van der Waals surface area contributed by atoms with Gasteiger partial charge in [-0.15, -0.1) is 0 Å². The van der Waals surface area contributed by atoms with Gasteiger partial charge in [-0.25, -0.2) is 4.79 Å². The Morgan fingerprint density at radius 3 is 2.67 bits per heavy atom. The molecule has 0 spiro atoms. The number of ether oxygens (including phenoxy) is 1. The molecule has 0 aromatic heterocycles. The van der Waals surface area contributed by atoms with Crippen LogP contribution >= 0.6 is 0 Å². The molecule has 4 heteroatoms. The first kappa shape index (κ1) is 15.0. The lowest BCUT2D eigenvalue weighted by molar-refractivity contribution is -0.140. The number of nitrogens with zero attached hydrogens (tertiary/aromatic N) is 2. The van der Waals surface area contributed by atoms with Crippen LogP contribution in [-0.4, -0.2) is 54.2 Å². The predicted molar refractivity (Wildman–Crippen MR) is 82.8 cm³/mol. The zero-order chi connectivity index (χ0) is 15.0. The highest BCUT2D eigenvalue weighted by Crippen LogP contribution is 2.32. The van der Waals surface area contributed by atoms with E-state index in [1.54, 1.807) is 0 Å². The molecule has 1 unspecified atom stereocenters. The Bertz CT molecular complexity index is 438. The lowest BCUT2D eigenvalue weighted by Gasteiger charge is -2.25. The number of rotatable bonds is 4.